The highest BCUT2D eigenvalue weighted by molar-refractivity contribution is 7.47. The van der Waals surface area contributed by atoms with Crippen LogP contribution in [0.4, 0.5) is 0 Å². The number of unbranched alkanes of at least 4 members (excludes halogenated alkanes) is 45. The fraction of sp³-hybridized carbons (Fsp3) is 0.952. The lowest BCUT2D eigenvalue weighted by atomic mass is 9.99. The smallest absolute Gasteiger partial charge is 0.462 e. The van der Waals surface area contributed by atoms with Gasteiger partial charge >= 0.3 is 39.5 Å². The van der Waals surface area contributed by atoms with Crippen molar-refractivity contribution in [1.29, 1.82) is 0 Å². The molecule has 3 N–H and O–H groups in total. The van der Waals surface area contributed by atoms with Gasteiger partial charge in [0.2, 0.25) is 0 Å². The molecule has 0 heterocycles. The summed E-state index contributed by atoms with van der Waals surface area (Å²) < 4.78 is 68.8. The van der Waals surface area contributed by atoms with Crippen LogP contribution in [0.25, 0.3) is 0 Å². The molecule has 0 saturated heterocycles. The highest BCUT2D eigenvalue weighted by Crippen LogP contribution is 2.45. The van der Waals surface area contributed by atoms with Crippen molar-refractivity contribution in [1.82, 2.24) is 0 Å². The molecule has 0 bridgehead atoms. The molecule has 17 nitrogen and oxygen atoms in total. The predicted molar refractivity (Wildman–Crippen MR) is 423 cm³/mol. The molecule has 19 heteroatoms. The summed E-state index contributed by atoms with van der Waals surface area (Å²) >= 11 is 0. The van der Waals surface area contributed by atoms with Crippen LogP contribution < -0.4 is 0 Å². The van der Waals surface area contributed by atoms with Crippen molar-refractivity contribution in [3.05, 3.63) is 0 Å². The van der Waals surface area contributed by atoms with Gasteiger partial charge in [0.25, 0.3) is 0 Å². The second kappa shape index (κ2) is 72.9. The highest BCUT2D eigenvalue weighted by Gasteiger charge is 2.30. The number of esters is 4. The molecule has 103 heavy (non-hydrogen) atoms. The van der Waals surface area contributed by atoms with Gasteiger partial charge in [0.1, 0.15) is 19.3 Å². The SMILES string of the molecule is CCC(C)CCCCCCCCCCCCCCCCCCCCC(=O)O[C@H](COC(=O)CCCCCCCCC(C)CC)COP(=O)(O)OC[C@H](O)COP(=O)(O)OC[C@@H](COC(=O)CCCCCCCCCCCCCCCCC(C)C)OC(=O)CCCCCCCCCCCCCC(C)C. The van der Waals surface area contributed by atoms with E-state index in [2.05, 4.69) is 55.4 Å². The summed E-state index contributed by atoms with van der Waals surface area (Å²) in [6.07, 6.45) is 61.1. The topological polar surface area (TPSA) is 237 Å². The summed E-state index contributed by atoms with van der Waals surface area (Å²) in [5.41, 5.74) is 0. The zero-order valence-electron chi connectivity index (χ0n) is 68.0. The fourth-order valence-corrected chi connectivity index (χ4v) is 14.5. The lowest BCUT2D eigenvalue weighted by Crippen LogP contribution is -2.30. The van der Waals surface area contributed by atoms with E-state index in [-0.39, 0.29) is 25.7 Å². The summed E-state index contributed by atoms with van der Waals surface area (Å²) in [6, 6.07) is 0. The molecule has 0 aromatic heterocycles. The van der Waals surface area contributed by atoms with E-state index in [9.17, 15) is 43.2 Å². The Bertz CT molecular complexity index is 2010. The first-order chi connectivity index (χ1) is 49.7. The second-order valence-corrected chi connectivity index (χ2v) is 34.6. The lowest BCUT2D eigenvalue weighted by molar-refractivity contribution is -0.161. The van der Waals surface area contributed by atoms with Crippen LogP contribution in [0.5, 0.6) is 0 Å². The van der Waals surface area contributed by atoms with Gasteiger partial charge in [-0.3, -0.25) is 37.3 Å². The van der Waals surface area contributed by atoms with Crippen molar-refractivity contribution in [2.45, 2.75) is 453 Å². The summed E-state index contributed by atoms with van der Waals surface area (Å²) in [4.78, 5) is 73.1. The molecular weight excluding hydrogens is 1340 g/mol. The Balaban J connectivity index is 5.20. The third-order valence-corrected chi connectivity index (χ3v) is 22.2. The Kier molecular flexibility index (Phi) is 71.5. The maximum atomic E-state index is 13.1. The van der Waals surface area contributed by atoms with Crippen molar-refractivity contribution in [2.24, 2.45) is 23.7 Å². The third kappa shape index (κ3) is 75.3. The summed E-state index contributed by atoms with van der Waals surface area (Å²) in [6.45, 7) is 14.3. The molecule has 7 atom stereocenters. The quantitative estimate of drug-likeness (QED) is 0.0222. The fourth-order valence-electron chi connectivity index (χ4n) is 12.9. The Hall–Kier alpha value is -1.94. The lowest BCUT2D eigenvalue weighted by Gasteiger charge is -2.21. The first-order valence-electron chi connectivity index (χ1n) is 43.3. The van der Waals surface area contributed by atoms with E-state index >= 15 is 0 Å². The van der Waals surface area contributed by atoms with Crippen LogP contribution >= 0.6 is 15.6 Å². The van der Waals surface area contributed by atoms with E-state index in [0.29, 0.717) is 25.7 Å². The molecule has 0 rings (SSSR count). The molecule has 0 radical (unpaired) electrons. The van der Waals surface area contributed by atoms with Gasteiger partial charge in [-0.05, 0) is 49.4 Å². The van der Waals surface area contributed by atoms with E-state index in [4.69, 9.17) is 37.0 Å². The molecule has 0 fully saturated rings. The molecule has 0 aromatic rings. The van der Waals surface area contributed by atoms with Crippen LogP contribution in [0, 0.1) is 23.7 Å². The summed E-state index contributed by atoms with van der Waals surface area (Å²) in [5, 5.41) is 10.7. The van der Waals surface area contributed by atoms with E-state index in [1.165, 1.54) is 231 Å². The molecular formula is C84H164O17P2. The molecule has 0 aliphatic heterocycles. The zero-order chi connectivity index (χ0) is 76.0. The number of phosphoric ester groups is 2. The van der Waals surface area contributed by atoms with Crippen LogP contribution in [-0.4, -0.2) is 96.7 Å². The van der Waals surface area contributed by atoms with Crippen molar-refractivity contribution in [2.75, 3.05) is 39.6 Å². The minimum absolute atomic E-state index is 0.106. The van der Waals surface area contributed by atoms with E-state index < -0.39 is 97.5 Å². The molecule has 612 valence electrons. The number of carbonyl (C=O) groups is 4. The van der Waals surface area contributed by atoms with Crippen molar-refractivity contribution >= 4 is 39.5 Å². The molecule has 0 aliphatic rings. The van der Waals surface area contributed by atoms with E-state index in [0.717, 1.165) is 120 Å². The Labute approximate surface area is 632 Å². The number of rotatable bonds is 81. The van der Waals surface area contributed by atoms with Crippen LogP contribution in [-0.2, 0) is 65.4 Å². The number of aliphatic hydroxyl groups excluding tert-OH is 1. The third-order valence-electron chi connectivity index (χ3n) is 20.3. The normalized spacial score (nSPS) is 14.5. The number of hydrogen-bond donors (Lipinski definition) is 3. The minimum atomic E-state index is -4.96. The minimum Gasteiger partial charge on any atom is -0.462 e. The largest absolute Gasteiger partial charge is 0.472 e. The van der Waals surface area contributed by atoms with Crippen molar-refractivity contribution < 1.29 is 80.2 Å². The molecule has 0 aromatic carbocycles. The van der Waals surface area contributed by atoms with Crippen molar-refractivity contribution in [3.8, 4) is 0 Å². The maximum Gasteiger partial charge on any atom is 0.472 e. The van der Waals surface area contributed by atoms with E-state index in [1.54, 1.807) is 0 Å². The van der Waals surface area contributed by atoms with Gasteiger partial charge in [-0.15, -0.1) is 0 Å². The predicted octanol–water partition coefficient (Wildman–Crippen LogP) is 25.2. The first-order valence-corrected chi connectivity index (χ1v) is 46.3. The van der Waals surface area contributed by atoms with Crippen molar-refractivity contribution in [3.63, 3.8) is 0 Å². The molecule has 0 amide bonds. The molecule has 0 aliphatic carbocycles. The average Bonchev–Trinajstić information content (AvgIpc) is 0.924. The number of ether oxygens (including phenoxy) is 4. The van der Waals surface area contributed by atoms with Gasteiger partial charge in [-0.1, -0.05) is 383 Å². The number of hydrogen-bond acceptors (Lipinski definition) is 15. The Morgan fingerprint density at radius 1 is 0.272 bits per heavy atom. The molecule has 4 unspecified atom stereocenters. The highest BCUT2D eigenvalue weighted by atomic mass is 31.2. The zero-order valence-corrected chi connectivity index (χ0v) is 69.7. The molecule has 0 saturated carbocycles. The maximum absolute atomic E-state index is 13.1. The number of phosphoric acid groups is 2. The monoisotopic (exact) mass is 1510 g/mol. The summed E-state index contributed by atoms with van der Waals surface area (Å²) in [5.74, 6) is 1.05. The van der Waals surface area contributed by atoms with Crippen LogP contribution in [0.2, 0.25) is 0 Å². The van der Waals surface area contributed by atoms with Gasteiger partial charge in [0.05, 0.1) is 26.4 Å². The van der Waals surface area contributed by atoms with Gasteiger partial charge in [-0.25, -0.2) is 9.13 Å². The standard InChI is InChI=1S/C84H164O17P2/c1-9-76(7)62-54-46-38-32-26-20-15-13-11-12-14-16-22-28-34-40-50-58-66-83(88)101-80(71-95-82(87)65-57-49-43-42-47-55-63-77(8)10-2)73-99-103(92,93)97-69-78(85)68-96-102(90,91)98-72-79(100-84(89)67-59-51-41-35-29-23-25-31-37-45-53-61-75(5)6)70-94-81(86)64-56-48-39-33-27-21-18-17-19-24-30-36-44-52-60-74(3)4/h74-80,85H,9-73H2,1-8H3,(H,90,91)(H,92,93)/t76?,77?,78-,79-,80-/m1/s1. The van der Waals surface area contributed by atoms with E-state index in [1.807, 2.05) is 0 Å². The first kappa shape index (κ1) is 101. The van der Waals surface area contributed by atoms with Gasteiger partial charge < -0.3 is 33.8 Å². The molecule has 0 spiro atoms. The number of aliphatic hydroxyl groups is 1. The van der Waals surface area contributed by atoms with Crippen LogP contribution in [0.1, 0.15) is 434 Å². The van der Waals surface area contributed by atoms with Gasteiger partial charge in [0, 0.05) is 25.7 Å². The summed E-state index contributed by atoms with van der Waals surface area (Å²) in [7, 11) is -9.93. The Morgan fingerprint density at radius 3 is 0.689 bits per heavy atom. The number of carbonyl (C=O) groups excluding carboxylic acids is 4. The van der Waals surface area contributed by atoms with Gasteiger partial charge in [0.15, 0.2) is 12.2 Å². The Morgan fingerprint density at radius 2 is 0.466 bits per heavy atom. The van der Waals surface area contributed by atoms with Gasteiger partial charge in [-0.2, -0.15) is 0 Å². The van der Waals surface area contributed by atoms with Crippen LogP contribution in [0.3, 0.4) is 0 Å². The van der Waals surface area contributed by atoms with Crippen LogP contribution in [0.15, 0.2) is 0 Å². The average molecular weight is 1510 g/mol. The second-order valence-electron chi connectivity index (χ2n) is 31.7.